The second-order valence-corrected chi connectivity index (χ2v) is 7.23. The molecule has 3 aliphatic heterocycles. The Labute approximate surface area is 148 Å². The maximum atomic E-state index is 13.2. The van der Waals surface area contributed by atoms with Gasteiger partial charge in [-0.2, -0.15) is 0 Å². The summed E-state index contributed by atoms with van der Waals surface area (Å²) in [5.74, 6) is 0.160. The highest BCUT2D eigenvalue weighted by atomic mass is 16.5. The van der Waals surface area contributed by atoms with Crippen molar-refractivity contribution in [2.45, 2.75) is 19.3 Å². The molecule has 134 valence electrons. The number of rotatable bonds is 2. The molecule has 6 nitrogen and oxygen atoms in total. The normalized spacial score (nSPS) is 26.8. The molecule has 1 aromatic rings. The lowest BCUT2D eigenvalue weighted by Crippen LogP contribution is -2.48. The van der Waals surface area contributed by atoms with E-state index in [1.54, 1.807) is 0 Å². The van der Waals surface area contributed by atoms with E-state index in [1.165, 1.54) is 0 Å². The summed E-state index contributed by atoms with van der Waals surface area (Å²) >= 11 is 0. The molecule has 3 aliphatic rings. The standard InChI is InChI=1S/C19H25N3O3/c23-17(22-9-7-19(14-22)6-3-8-20-18(19)24)15-4-1-2-5-16(15)21-10-12-25-13-11-21/h1-2,4-5H,3,6-14H2,(H,20,24)/t19-/m0/s1. The number of amides is 2. The number of nitrogens with one attached hydrogen (secondary N) is 1. The topological polar surface area (TPSA) is 61.9 Å². The van der Waals surface area contributed by atoms with Crippen LogP contribution in [0.15, 0.2) is 24.3 Å². The molecule has 0 radical (unpaired) electrons. The fraction of sp³-hybridized carbons (Fsp3) is 0.579. The zero-order valence-electron chi connectivity index (χ0n) is 14.5. The maximum absolute atomic E-state index is 13.2. The number of nitrogens with zero attached hydrogens (tertiary/aromatic N) is 2. The third-order valence-electron chi connectivity index (χ3n) is 5.73. The highest BCUT2D eigenvalue weighted by Gasteiger charge is 2.47. The number of para-hydroxylation sites is 1. The van der Waals surface area contributed by atoms with Crippen LogP contribution in [0.3, 0.4) is 0 Å². The lowest BCUT2D eigenvalue weighted by Gasteiger charge is -2.33. The van der Waals surface area contributed by atoms with Crippen LogP contribution in [-0.2, 0) is 9.53 Å². The van der Waals surface area contributed by atoms with Crippen LogP contribution in [-0.4, -0.2) is 62.7 Å². The summed E-state index contributed by atoms with van der Waals surface area (Å²) in [6.07, 6.45) is 2.65. The monoisotopic (exact) mass is 343 g/mol. The first kappa shape index (κ1) is 16.4. The SMILES string of the molecule is O=C(c1ccccc1N1CCOCC1)N1CC[C@@]2(CCCNC2=O)C1. The fourth-order valence-electron chi connectivity index (χ4n) is 4.27. The van der Waals surface area contributed by atoms with Crippen LogP contribution in [0.4, 0.5) is 5.69 Å². The van der Waals surface area contributed by atoms with E-state index in [-0.39, 0.29) is 17.2 Å². The molecule has 0 unspecified atom stereocenters. The summed E-state index contributed by atoms with van der Waals surface area (Å²) in [7, 11) is 0. The third-order valence-corrected chi connectivity index (χ3v) is 5.73. The number of likely N-dealkylation sites (tertiary alicyclic amines) is 1. The molecule has 6 heteroatoms. The quantitative estimate of drug-likeness (QED) is 0.878. The van der Waals surface area contributed by atoms with Crippen molar-refractivity contribution in [2.24, 2.45) is 5.41 Å². The second-order valence-electron chi connectivity index (χ2n) is 7.23. The summed E-state index contributed by atoms with van der Waals surface area (Å²) in [6, 6.07) is 7.80. The van der Waals surface area contributed by atoms with Crippen molar-refractivity contribution in [1.29, 1.82) is 0 Å². The van der Waals surface area contributed by atoms with Gasteiger partial charge in [-0.3, -0.25) is 9.59 Å². The Morgan fingerprint density at radius 3 is 2.72 bits per heavy atom. The van der Waals surface area contributed by atoms with E-state index >= 15 is 0 Å². The molecule has 0 aromatic heterocycles. The first-order valence-corrected chi connectivity index (χ1v) is 9.19. The highest BCUT2D eigenvalue weighted by Crippen LogP contribution is 2.38. The molecular formula is C19H25N3O3. The first-order chi connectivity index (χ1) is 12.2. The van der Waals surface area contributed by atoms with E-state index < -0.39 is 0 Å². The van der Waals surface area contributed by atoms with Gasteiger partial charge in [-0.25, -0.2) is 0 Å². The smallest absolute Gasteiger partial charge is 0.255 e. The van der Waals surface area contributed by atoms with Crippen molar-refractivity contribution in [3.63, 3.8) is 0 Å². The Hall–Kier alpha value is -2.08. The zero-order valence-corrected chi connectivity index (χ0v) is 14.5. The van der Waals surface area contributed by atoms with Crippen LogP contribution >= 0.6 is 0 Å². The summed E-state index contributed by atoms with van der Waals surface area (Å²) in [5, 5.41) is 2.98. The van der Waals surface area contributed by atoms with Gasteiger partial charge < -0.3 is 19.9 Å². The first-order valence-electron chi connectivity index (χ1n) is 9.19. The molecule has 1 N–H and O–H groups in total. The predicted molar refractivity (Wildman–Crippen MR) is 94.7 cm³/mol. The number of piperidine rings is 1. The number of hydrogen-bond donors (Lipinski definition) is 1. The number of carbonyl (C=O) groups is 2. The van der Waals surface area contributed by atoms with Crippen LogP contribution in [0.5, 0.6) is 0 Å². The van der Waals surface area contributed by atoms with E-state index in [0.29, 0.717) is 26.3 Å². The molecule has 3 heterocycles. The van der Waals surface area contributed by atoms with E-state index in [1.807, 2.05) is 29.2 Å². The van der Waals surface area contributed by atoms with Gasteiger partial charge in [-0.15, -0.1) is 0 Å². The van der Waals surface area contributed by atoms with Crippen molar-refractivity contribution in [2.75, 3.05) is 50.8 Å². The number of hydrogen-bond acceptors (Lipinski definition) is 4. The van der Waals surface area contributed by atoms with Crippen LogP contribution in [0.1, 0.15) is 29.6 Å². The number of morpholine rings is 1. The lowest BCUT2D eigenvalue weighted by molar-refractivity contribution is -0.132. The highest BCUT2D eigenvalue weighted by molar-refractivity contribution is 6.00. The Morgan fingerprint density at radius 2 is 1.92 bits per heavy atom. The molecule has 1 spiro atoms. The molecule has 3 saturated heterocycles. The summed E-state index contributed by atoms with van der Waals surface area (Å²) in [4.78, 5) is 29.6. The lowest BCUT2D eigenvalue weighted by atomic mass is 9.79. The van der Waals surface area contributed by atoms with Crippen LogP contribution < -0.4 is 10.2 Å². The average molecular weight is 343 g/mol. The van der Waals surface area contributed by atoms with Gasteiger partial charge >= 0.3 is 0 Å². The molecule has 1 atom stereocenters. The number of ether oxygens (including phenoxy) is 1. The van der Waals surface area contributed by atoms with Gasteiger partial charge in [-0.1, -0.05) is 12.1 Å². The molecule has 0 aliphatic carbocycles. The molecule has 25 heavy (non-hydrogen) atoms. The predicted octanol–water partition coefficient (Wildman–Crippen LogP) is 1.27. The molecule has 1 aromatic carbocycles. The van der Waals surface area contributed by atoms with Crippen molar-refractivity contribution in [3.8, 4) is 0 Å². The third kappa shape index (κ3) is 2.99. The minimum absolute atomic E-state index is 0.0392. The van der Waals surface area contributed by atoms with Gasteiger partial charge in [-0.05, 0) is 31.4 Å². The van der Waals surface area contributed by atoms with Crippen LogP contribution in [0, 0.1) is 5.41 Å². The fourth-order valence-corrected chi connectivity index (χ4v) is 4.27. The molecule has 4 rings (SSSR count). The van der Waals surface area contributed by atoms with Crippen molar-refractivity contribution >= 4 is 17.5 Å². The zero-order chi connectivity index (χ0) is 17.3. The van der Waals surface area contributed by atoms with Crippen LogP contribution in [0.25, 0.3) is 0 Å². The van der Waals surface area contributed by atoms with Gasteiger partial charge in [0.25, 0.3) is 5.91 Å². The molecule has 0 bridgehead atoms. The summed E-state index contributed by atoms with van der Waals surface area (Å²) in [6.45, 7) is 4.94. The van der Waals surface area contributed by atoms with Gasteiger partial charge in [0.15, 0.2) is 0 Å². The largest absolute Gasteiger partial charge is 0.378 e. The summed E-state index contributed by atoms with van der Waals surface area (Å²) in [5.41, 5.74) is 1.34. The number of carbonyl (C=O) groups excluding carboxylic acids is 2. The number of benzene rings is 1. The minimum Gasteiger partial charge on any atom is -0.378 e. The van der Waals surface area contributed by atoms with E-state index in [2.05, 4.69) is 10.2 Å². The van der Waals surface area contributed by atoms with Gasteiger partial charge in [0, 0.05) is 38.4 Å². The maximum Gasteiger partial charge on any atom is 0.255 e. The molecule has 0 saturated carbocycles. The average Bonchev–Trinajstić information content (AvgIpc) is 3.09. The van der Waals surface area contributed by atoms with E-state index in [4.69, 9.17) is 4.74 Å². The molecular weight excluding hydrogens is 318 g/mol. The Kier molecular flexibility index (Phi) is 4.37. The van der Waals surface area contributed by atoms with Crippen molar-refractivity contribution < 1.29 is 14.3 Å². The van der Waals surface area contributed by atoms with E-state index in [0.717, 1.165) is 50.1 Å². The molecule has 2 amide bonds. The molecule has 3 fully saturated rings. The van der Waals surface area contributed by atoms with Crippen molar-refractivity contribution in [3.05, 3.63) is 29.8 Å². The van der Waals surface area contributed by atoms with Gasteiger partial charge in [0.05, 0.1) is 24.2 Å². The Bertz CT molecular complexity index is 672. The van der Waals surface area contributed by atoms with Gasteiger partial charge in [0.1, 0.15) is 0 Å². The van der Waals surface area contributed by atoms with Crippen molar-refractivity contribution in [1.82, 2.24) is 10.2 Å². The summed E-state index contributed by atoms with van der Waals surface area (Å²) < 4.78 is 5.43. The van der Waals surface area contributed by atoms with Crippen LogP contribution in [0.2, 0.25) is 0 Å². The van der Waals surface area contributed by atoms with E-state index in [9.17, 15) is 9.59 Å². The Morgan fingerprint density at radius 1 is 1.12 bits per heavy atom. The number of anilines is 1. The van der Waals surface area contributed by atoms with Gasteiger partial charge in [0.2, 0.25) is 5.91 Å². The second kappa shape index (κ2) is 6.67. The Balaban J connectivity index is 1.55. The minimum atomic E-state index is -0.373.